The Kier molecular flexibility index (Phi) is 5.97. The van der Waals surface area contributed by atoms with E-state index in [1.165, 1.54) is 16.7 Å². The van der Waals surface area contributed by atoms with Gasteiger partial charge in [0.1, 0.15) is 11.9 Å². The maximum absolute atomic E-state index is 13.8. The molecular formula is C25H24FN5O2. The number of hydrogen-bond acceptors (Lipinski definition) is 5. The number of nitrogens with two attached hydrogens (primary N) is 1. The maximum Gasteiger partial charge on any atom is 0.294 e. The van der Waals surface area contributed by atoms with E-state index in [4.69, 9.17) is 11.0 Å². The van der Waals surface area contributed by atoms with Crippen molar-refractivity contribution in [2.75, 3.05) is 5.32 Å². The second-order valence-electron chi connectivity index (χ2n) is 8.37. The molecule has 2 atom stereocenters. The first-order valence-corrected chi connectivity index (χ1v) is 10.7. The highest BCUT2D eigenvalue weighted by Gasteiger charge is 2.33. The van der Waals surface area contributed by atoms with E-state index in [1.54, 1.807) is 19.1 Å². The van der Waals surface area contributed by atoms with Crippen LogP contribution in [0, 0.1) is 24.1 Å². The van der Waals surface area contributed by atoms with Crippen molar-refractivity contribution in [1.29, 1.82) is 5.26 Å². The number of nitrogens with zero attached hydrogens (tertiary/aromatic N) is 3. The zero-order chi connectivity index (χ0) is 23.7. The number of halogens is 1. The van der Waals surface area contributed by atoms with E-state index < -0.39 is 17.5 Å². The Hall–Kier alpha value is -3.99. The van der Waals surface area contributed by atoms with Gasteiger partial charge in [-0.1, -0.05) is 25.1 Å². The lowest BCUT2D eigenvalue weighted by Gasteiger charge is -2.20. The number of anilines is 1. The molecule has 1 amide bonds. The van der Waals surface area contributed by atoms with Crippen molar-refractivity contribution in [3.05, 3.63) is 92.3 Å². The van der Waals surface area contributed by atoms with Crippen LogP contribution in [0.1, 0.15) is 58.9 Å². The summed E-state index contributed by atoms with van der Waals surface area (Å²) in [5.74, 6) is -1.02. The van der Waals surface area contributed by atoms with Crippen molar-refractivity contribution < 1.29 is 9.18 Å². The Balaban J connectivity index is 1.77. The second kappa shape index (κ2) is 8.87. The van der Waals surface area contributed by atoms with E-state index in [-0.39, 0.29) is 24.1 Å². The number of carbonyl (C=O) groups is 1. The first-order valence-electron chi connectivity index (χ1n) is 10.7. The Bertz CT molecular complexity index is 1300. The first-order chi connectivity index (χ1) is 15.8. The lowest BCUT2D eigenvalue weighted by molar-refractivity contribution is -0.121. The molecule has 0 saturated heterocycles. The third-order valence-corrected chi connectivity index (χ3v) is 6.05. The van der Waals surface area contributed by atoms with E-state index in [2.05, 4.69) is 16.4 Å². The molecular weight excluding hydrogens is 421 g/mol. The van der Waals surface area contributed by atoms with Gasteiger partial charge in [0, 0.05) is 18.2 Å². The zero-order valence-corrected chi connectivity index (χ0v) is 18.4. The van der Waals surface area contributed by atoms with Gasteiger partial charge < -0.3 is 11.1 Å². The van der Waals surface area contributed by atoms with Crippen molar-refractivity contribution in [3.8, 4) is 6.07 Å². The summed E-state index contributed by atoms with van der Waals surface area (Å²) in [6.45, 7) is 3.96. The first kappa shape index (κ1) is 22.2. The van der Waals surface area contributed by atoms with E-state index in [9.17, 15) is 14.0 Å². The van der Waals surface area contributed by atoms with Crippen LogP contribution in [0.15, 0.2) is 47.3 Å². The minimum absolute atomic E-state index is 0.0873. The highest BCUT2D eigenvalue weighted by Crippen LogP contribution is 2.33. The highest BCUT2D eigenvalue weighted by atomic mass is 19.1. The molecule has 0 bridgehead atoms. The molecule has 7 nitrogen and oxygen atoms in total. The smallest absolute Gasteiger partial charge is 0.294 e. The number of nitriles is 1. The Morgan fingerprint density at radius 1 is 1.33 bits per heavy atom. The van der Waals surface area contributed by atoms with Gasteiger partial charge in [-0.15, -0.1) is 0 Å². The predicted molar refractivity (Wildman–Crippen MR) is 122 cm³/mol. The fraction of sp³-hybridized carbons (Fsp3) is 0.280. The van der Waals surface area contributed by atoms with Gasteiger partial charge in [0.2, 0.25) is 5.91 Å². The number of fused-ring (bicyclic) bond motifs is 1. The molecule has 1 aromatic heterocycles. The van der Waals surface area contributed by atoms with E-state index >= 15 is 0 Å². The third-order valence-electron chi connectivity index (χ3n) is 6.05. The van der Waals surface area contributed by atoms with Crippen molar-refractivity contribution in [2.45, 2.75) is 45.2 Å². The van der Waals surface area contributed by atoms with Crippen LogP contribution < -0.4 is 16.6 Å². The van der Waals surface area contributed by atoms with Crippen LogP contribution in [0.4, 0.5) is 10.2 Å². The number of primary amides is 1. The van der Waals surface area contributed by atoms with Crippen LogP contribution in [0.2, 0.25) is 0 Å². The van der Waals surface area contributed by atoms with Crippen LogP contribution in [0.5, 0.6) is 0 Å². The van der Waals surface area contributed by atoms with Gasteiger partial charge in [-0.25, -0.2) is 9.37 Å². The summed E-state index contributed by atoms with van der Waals surface area (Å²) in [6.07, 6.45) is 0.945. The Labute approximate surface area is 190 Å². The van der Waals surface area contributed by atoms with Gasteiger partial charge in [-0.3, -0.25) is 14.2 Å². The number of benzene rings is 2. The van der Waals surface area contributed by atoms with Crippen molar-refractivity contribution in [2.24, 2.45) is 5.73 Å². The van der Waals surface area contributed by atoms with Crippen molar-refractivity contribution >= 4 is 11.7 Å². The minimum atomic E-state index is -0.737. The number of rotatable bonds is 6. The number of hydrogen-bond donors (Lipinski definition) is 2. The summed E-state index contributed by atoms with van der Waals surface area (Å²) in [5, 5.41) is 12.1. The largest absolute Gasteiger partial charge is 0.368 e. The molecule has 2 aromatic carbocycles. The number of nitrogens with one attached hydrogen (secondary N) is 1. The molecule has 0 fully saturated rings. The van der Waals surface area contributed by atoms with Crippen LogP contribution >= 0.6 is 0 Å². The molecule has 1 unspecified atom stereocenters. The number of carbonyl (C=O) groups excluding carboxylic acids is 1. The third kappa shape index (κ3) is 4.35. The summed E-state index contributed by atoms with van der Waals surface area (Å²) in [6, 6.07) is 13.2. The van der Waals surface area contributed by atoms with E-state index in [0.717, 1.165) is 11.1 Å². The highest BCUT2D eigenvalue weighted by molar-refractivity contribution is 5.79. The molecule has 3 N–H and O–H groups in total. The van der Waals surface area contributed by atoms with Crippen LogP contribution in [-0.2, 0) is 17.8 Å². The average Bonchev–Trinajstić information content (AvgIpc) is 3.24. The molecule has 2 heterocycles. The number of amides is 1. The zero-order valence-electron chi connectivity index (χ0n) is 18.4. The monoisotopic (exact) mass is 445 g/mol. The second-order valence-corrected chi connectivity index (χ2v) is 8.37. The summed E-state index contributed by atoms with van der Waals surface area (Å²) in [4.78, 5) is 30.0. The quantitative estimate of drug-likeness (QED) is 0.604. The standard InChI is InChI=1S/C25H24FN5O2/c1-14-9-17(11-19(26)10-14)13-29-24-25(33)31-20(7-8-21(31)23(28)32)22(30-24)15(2)18-5-3-16(12-27)4-6-18/h3-6,9-11,15,21H,7-8,13H2,1-2H3,(H2,28,32)(H,29,30)/t15-,21?/m1/s1. The molecule has 8 heteroatoms. The molecule has 4 rings (SSSR count). The molecule has 0 saturated carbocycles. The molecule has 168 valence electrons. The summed E-state index contributed by atoms with van der Waals surface area (Å²) in [7, 11) is 0. The van der Waals surface area contributed by atoms with Gasteiger partial charge in [0.15, 0.2) is 5.82 Å². The van der Waals surface area contributed by atoms with Gasteiger partial charge in [0.05, 0.1) is 17.3 Å². The maximum atomic E-state index is 13.8. The van der Waals surface area contributed by atoms with Crippen LogP contribution in [0.3, 0.4) is 0 Å². The van der Waals surface area contributed by atoms with Gasteiger partial charge in [0.25, 0.3) is 5.56 Å². The van der Waals surface area contributed by atoms with Gasteiger partial charge in [-0.05, 0) is 60.7 Å². The normalized spacial score (nSPS) is 15.5. The molecule has 1 aliphatic rings. The van der Waals surface area contributed by atoms with E-state index in [1.807, 2.05) is 25.1 Å². The number of aromatic nitrogens is 2. The molecule has 0 radical (unpaired) electrons. The number of aryl methyl sites for hydroxylation is 1. The topological polar surface area (TPSA) is 114 Å². The fourth-order valence-corrected chi connectivity index (χ4v) is 4.41. The van der Waals surface area contributed by atoms with Crippen molar-refractivity contribution in [1.82, 2.24) is 9.55 Å². The molecule has 33 heavy (non-hydrogen) atoms. The molecule has 1 aliphatic heterocycles. The predicted octanol–water partition coefficient (Wildman–Crippen LogP) is 3.30. The van der Waals surface area contributed by atoms with Crippen LogP contribution in [-0.4, -0.2) is 15.5 Å². The molecule has 0 aliphatic carbocycles. The lowest BCUT2D eigenvalue weighted by atomic mass is 9.94. The fourth-order valence-electron chi connectivity index (χ4n) is 4.41. The lowest BCUT2D eigenvalue weighted by Crippen LogP contribution is -2.34. The molecule has 0 spiro atoms. The average molecular weight is 445 g/mol. The Morgan fingerprint density at radius 2 is 2.06 bits per heavy atom. The summed E-state index contributed by atoms with van der Waals surface area (Å²) in [5.41, 5.74) is 9.45. The SMILES string of the molecule is Cc1cc(F)cc(CNc2nc([C@H](C)c3ccc(C#N)cc3)c3n(c2=O)C(C(N)=O)CC3)c1. The summed E-state index contributed by atoms with van der Waals surface area (Å²) >= 11 is 0. The van der Waals surface area contributed by atoms with Gasteiger partial charge in [-0.2, -0.15) is 5.26 Å². The van der Waals surface area contributed by atoms with E-state index in [0.29, 0.717) is 35.4 Å². The van der Waals surface area contributed by atoms with Crippen LogP contribution in [0.25, 0.3) is 0 Å². The Morgan fingerprint density at radius 3 is 2.70 bits per heavy atom. The molecule has 3 aromatic rings. The summed E-state index contributed by atoms with van der Waals surface area (Å²) < 4.78 is 15.2. The van der Waals surface area contributed by atoms with Crippen molar-refractivity contribution in [3.63, 3.8) is 0 Å². The van der Waals surface area contributed by atoms with Gasteiger partial charge >= 0.3 is 0 Å². The minimum Gasteiger partial charge on any atom is -0.368 e.